The SMILES string of the molecule is O=C(CCCCC(=O)OCCC(CO)(CO)CO)OCCOCCO. The highest BCUT2D eigenvalue weighted by Gasteiger charge is 2.28. The van der Waals surface area contributed by atoms with Gasteiger partial charge in [-0.15, -0.1) is 0 Å². The lowest BCUT2D eigenvalue weighted by molar-refractivity contribution is -0.147. The van der Waals surface area contributed by atoms with Crippen LogP contribution in [0.25, 0.3) is 0 Å². The van der Waals surface area contributed by atoms with Crippen LogP contribution in [0.15, 0.2) is 0 Å². The van der Waals surface area contributed by atoms with E-state index in [-0.39, 0.29) is 58.3 Å². The molecule has 0 aliphatic carbocycles. The molecular formula is C16H30O9. The van der Waals surface area contributed by atoms with Crippen molar-refractivity contribution in [1.29, 1.82) is 0 Å². The number of carbonyl (C=O) groups excluding carboxylic acids is 2. The van der Waals surface area contributed by atoms with Crippen molar-refractivity contribution in [1.82, 2.24) is 0 Å². The Morgan fingerprint density at radius 3 is 1.72 bits per heavy atom. The van der Waals surface area contributed by atoms with Crippen LogP contribution in [0.3, 0.4) is 0 Å². The van der Waals surface area contributed by atoms with E-state index in [1.54, 1.807) is 0 Å². The Morgan fingerprint density at radius 1 is 0.720 bits per heavy atom. The normalized spacial score (nSPS) is 11.4. The Kier molecular flexibility index (Phi) is 14.3. The van der Waals surface area contributed by atoms with E-state index in [1.807, 2.05) is 0 Å². The molecule has 0 spiro atoms. The third-order valence-electron chi connectivity index (χ3n) is 3.64. The monoisotopic (exact) mass is 366 g/mol. The van der Waals surface area contributed by atoms with Gasteiger partial charge in [0.1, 0.15) is 6.61 Å². The minimum absolute atomic E-state index is 0.00358. The van der Waals surface area contributed by atoms with Gasteiger partial charge in [-0.2, -0.15) is 0 Å². The summed E-state index contributed by atoms with van der Waals surface area (Å²) in [5.74, 6) is -0.812. The van der Waals surface area contributed by atoms with Crippen molar-refractivity contribution >= 4 is 11.9 Å². The minimum Gasteiger partial charge on any atom is -0.466 e. The lowest BCUT2D eigenvalue weighted by atomic mass is 9.88. The van der Waals surface area contributed by atoms with Crippen LogP contribution in [0, 0.1) is 5.41 Å². The van der Waals surface area contributed by atoms with E-state index >= 15 is 0 Å². The highest BCUT2D eigenvalue weighted by molar-refractivity contribution is 5.70. The first kappa shape index (κ1) is 23.7. The van der Waals surface area contributed by atoms with Crippen molar-refractivity contribution in [2.24, 2.45) is 5.41 Å². The van der Waals surface area contributed by atoms with E-state index in [1.165, 1.54) is 0 Å². The second-order valence-electron chi connectivity index (χ2n) is 5.71. The largest absolute Gasteiger partial charge is 0.466 e. The second-order valence-corrected chi connectivity index (χ2v) is 5.71. The fourth-order valence-corrected chi connectivity index (χ4v) is 1.83. The fourth-order valence-electron chi connectivity index (χ4n) is 1.83. The number of hydrogen-bond acceptors (Lipinski definition) is 9. The Balaban J connectivity index is 3.65. The van der Waals surface area contributed by atoms with E-state index < -0.39 is 31.2 Å². The summed E-state index contributed by atoms with van der Waals surface area (Å²) in [5.41, 5.74) is -1.05. The smallest absolute Gasteiger partial charge is 0.305 e. The summed E-state index contributed by atoms with van der Waals surface area (Å²) in [5, 5.41) is 35.9. The summed E-state index contributed by atoms with van der Waals surface area (Å²) in [7, 11) is 0. The van der Waals surface area contributed by atoms with Gasteiger partial charge in [0.2, 0.25) is 0 Å². The van der Waals surface area contributed by atoms with Crippen LogP contribution in [-0.4, -0.2) is 85.2 Å². The molecular weight excluding hydrogens is 336 g/mol. The van der Waals surface area contributed by atoms with Gasteiger partial charge >= 0.3 is 11.9 Å². The highest BCUT2D eigenvalue weighted by atomic mass is 16.6. The number of carbonyl (C=O) groups is 2. The Morgan fingerprint density at radius 2 is 1.24 bits per heavy atom. The van der Waals surface area contributed by atoms with Crippen LogP contribution < -0.4 is 0 Å². The first-order chi connectivity index (χ1) is 12.0. The molecule has 0 heterocycles. The third kappa shape index (κ3) is 11.8. The zero-order valence-corrected chi connectivity index (χ0v) is 14.5. The van der Waals surface area contributed by atoms with Gasteiger partial charge in [0.05, 0.1) is 46.2 Å². The standard InChI is InChI=1S/C16H30O9/c17-6-8-23-9-10-25-15(22)4-2-1-3-14(21)24-7-5-16(11-18,12-19)13-20/h17-20H,1-13H2. The average molecular weight is 366 g/mol. The van der Waals surface area contributed by atoms with Crippen LogP contribution in [0.1, 0.15) is 32.1 Å². The summed E-state index contributed by atoms with van der Waals surface area (Å²) in [6.45, 7) is -0.712. The zero-order chi connectivity index (χ0) is 19.0. The van der Waals surface area contributed by atoms with E-state index in [0.717, 1.165) is 0 Å². The molecule has 0 saturated heterocycles. The summed E-state index contributed by atoms with van der Waals surface area (Å²) in [6.07, 6.45) is 1.46. The molecule has 0 unspecified atom stereocenters. The van der Waals surface area contributed by atoms with E-state index in [4.69, 9.17) is 34.6 Å². The Labute approximate surface area is 147 Å². The third-order valence-corrected chi connectivity index (χ3v) is 3.64. The quantitative estimate of drug-likeness (QED) is 0.200. The lowest BCUT2D eigenvalue weighted by Gasteiger charge is -2.26. The lowest BCUT2D eigenvalue weighted by Crippen LogP contribution is -2.35. The molecule has 0 aromatic rings. The summed E-state index contributed by atoms with van der Waals surface area (Å²) in [4.78, 5) is 22.9. The van der Waals surface area contributed by atoms with Crippen molar-refractivity contribution < 1.29 is 44.2 Å². The first-order valence-electron chi connectivity index (χ1n) is 8.36. The molecule has 0 aromatic carbocycles. The molecule has 0 rings (SSSR count). The number of hydrogen-bond donors (Lipinski definition) is 4. The van der Waals surface area contributed by atoms with Gasteiger partial charge in [-0.25, -0.2) is 0 Å². The number of ether oxygens (including phenoxy) is 3. The molecule has 25 heavy (non-hydrogen) atoms. The van der Waals surface area contributed by atoms with Crippen molar-refractivity contribution in [3.05, 3.63) is 0 Å². The Bertz CT molecular complexity index is 347. The van der Waals surface area contributed by atoms with E-state index in [2.05, 4.69) is 0 Å². The number of aliphatic hydroxyl groups is 4. The van der Waals surface area contributed by atoms with Gasteiger partial charge in [0, 0.05) is 18.3 Å². The second kappa shape index (κ2) is 15.0. The molecule has 0 radical (unpaired) electrons. The molecule has 0 atom stereocenters. The first-order valence-corrected chi connectivity index (χ1v) is 8.36. The summed E-state index contributed by atoms with van der Waals surface area (Å²) >= 11 is 0. The van der Waals surface area contributed by atoms with Crippen molar-refractivity contribution in [3.8, 4) is 0 Å². The van der Waals surface area contributed by atoms with Gasteiger partial charge < -0.3 is 34.6 Å². The Hall–Kier alpha value is -1.26. The maximum absolute atomic E-state index is 11.5. The van der Waals surface area contributed by atoms with Gasteiger partial charge in [-0.3, -0.25) is 9.59 Å². The molecule has 0 aliphatic rings. The number of aliphatic hydroxyl groups excluding tert-OH is 4. The van der Waals surface area contributed by atoms with E-state index in [0.29, 0.717) is 12.8 Å². The van der Waals surface area contributed by atoms with Crippen molar-refractivity contribution in [2.75, 3.05) is 52.9 Å². The van der Waals surface area contributed by atoms with Crippen molar-refractivity contribution in [3.63, 3.8) is 0 Å². The highest BCUT2D eigenvalue weighted by Crippen LogP contribution is 2.19. The molecule has 0 aliphatic heterocycles. The molecule has 9 nitrogen and oxygen atoms in total. The van der Waals surface area contributed by atoms with Gasteiger partial charge in [-0.05, 0) is 19.3 Å². The number of rotatable bonds is 16. The molecule has 148 valence electrons. The van der Waals surface area contributed by atoms with Gasteiger partial charge in [0.25, 0.3) is 0 Å². The molecule has 4 N–H and O–H groups in total. The number of esters is 2. The van der Waals surface area contributed by atoms with Crippen LogP contribution >= 0.6 is 0 Å². The molecule has 9 heteroatoms. The van der Waals surface area contributed by atoms with Crippen LogP contribution in [0.2, 0.25) is 0 Å². The minimum atomic E-state index is -1.05. The average Bonchev–Trinajstić information content (AvgIpc) is 2.62. The molecule has 0 aromatic heterocycles. The summed E-state index contributed by atoms with van der Waals surface area (Å²) in [6, 6.07) is 0. The number of unbranched alkanes of at least 4 members (excludes halogenated alkanes) is 1. The summed E-state index contributed by atoms with van der Waals surface area (Å²) < 4.78 is 14.8. The van der Waals surface area contributed by atoms with Gasteiger partial charge in [-0.1, -0.05) is 0 Å². The van der Waals surface area contributed by atoms with Crippen LogP contribution in [0.5, 0.6) is 0 Å². The van der Waals surface area contributed by atoms with Gasteiger partial charge in [0.15, 0.2) is 0 Å². The molecule has 0 amide bonds. The van der Waals surface area contributed by atoms with Crippen LogP contribution in [-0.2, 0) is 23.8 Å². The molecule has 0 fully saturated rings. The molecule has 0 saturated carbocycles. The maximum Gasteiger partial charge on any atom is 0.305 e. The predicted octanol–water partition coefficient (Wildman–Crippen LogP) is -1.00. The van der Waals surface area contributed by atoms with Crippen LogP contribution in [0.4, 0.5) is 0 Å². The molecule has 0 bridgehead atoms. The topological polar surface area (TPSA) is 143 Å². The fraction of sp³-hybridized carbons (Fsp3) is 0.875. The predicted molar refractivity (Wildman–Crippen MR) is 86.6 cm³/mol. The maximum atomic E-state index is 11.5. The zero-order valence-electron chi connectivity index (χ0n) is 14.5. The van der Waals surface area contributed by atoms with Crippen molar-refractivity contribution in [2.45, 2.75) is 32.1 Å². The van der Waals surface area contributed by atoms with E-state index in [9.17, 15) is 9.59 Å².